The highest BCUT2D eigenvalue weighted by Gasteiger charge is 2.70. The van der Waals surface area contributed by atoms with E-state index < -0.39 is 49.1 Å². The Morgan fingerprint density at radius 3 is 2.10 bits per heavy atom. The lowest BCUT2D eigenvalue weighted by Gasteiger charge is -2.71. The fourth-order valence-corrected chi connectivity index (χ4v) is 13.5. The predicted octanol–water partition coefficient (Wildman–Crippen LogP) is 5.89. The highest BCUT2D eigenvalue weighted by atomic mass is 32.2. The molecule has 1 aromatic rings. The van der Waals surface area contributed by atoms with Crippen molar-refractivity contribution in [1.82, 2.24) is 5.32 Å². The van der Waals surface area contributed by atoms with E-state index in [1.807, 2.05) is 44.2 Å². The van der Waals surface area contributed by atoms with E-state index in [-0.39, 0.29) is 46.3 Å². The molecule has 5 N–H and O–H groups in total. The minimum atomic E-state index is -4.43. The van der Waals surface area contributed by atoms with Crippen LogP contribution in [0.2, 0.25) is 0 Å². The van der Waals surface area contributed by atoms with Crippen molar-refractivity contribution in [3.63, 3.8) is 0 Å². The van der Waals surface area contributed by atoms with Gasteiger partial charge in [0.15, 0.2) is 0 Å². The lowest BCUT2D eigenvalue weighted by molar-refractivity contribution is -0.221. The number of hydrogen-bond acceptors (Lipinski definition) is 7. The average molecular weight is 720 g/mol. The zero-order valence-corrected chi connectivity index (χ0v) is 31.9. The van der Waals surface area contributed by atoms with Crippen molar-refractivity contribution in [2.75, 3.05) is 0 Å². The van der Waals surface area contributed by atoms with Gasteiger partial charge >= 0.3 is 20.6 Å². The van der Waals surface area contributed by atoms with E-state index in [2.05, 4.69) is 46.0 Å². The van der Waals surface area contributed by atoms with Gasteiger partial charge in [-0.25, -0.2) is 10.3 Å². The summed E-state index contributed by atoms with van der Waals surface area (Å²) in [6, 6.07) is 10.1. The maximum absolute atomic E-state index is 14.4. The normalized spacial score (nSPS) is 41.2. The van der Waals surface area contributed by atoms with Crippen LogP contribution in [-0.4, -0.2) is 35.0 Å². The largest absolute Gasteiger partial charge is 0.352 e. The Morgan fingerprint density at radius 1 is 0.837 bits per heavy atom. The van der Waals surface area contributed by atoms with Crippen LogP contribution in [0.5, 0.6) is 0 Å². The number of allylic oxidation sites excluding steroid dienone is 2. The molecule has 5 aliphatic rings. The molecular weight excluding hydrogens is 663 g/mol. The summed E-state index contributed by atoms with van der Waals surface area (Å²) < 4.78 is 60.1. The van der Waals surface area contributed by atoms with Crippen LogP contribution in [0.4, 0.5) is 0 Å². The van der Waals surface area contributed by atoms with Crippen molar-refractivity contribution < 1.29 is 30.0 Å². The second-order valence-electron chi connectivity index (χ2n) is 18.2. The zero-order valence-electron chi connectivity index (χ0n) is 30.3. The van der Waals surface area contributed by atoms with Crippen molar-refractivity contribution in [2.24, 2.45) is 60.5 Å². The standard InChI is InChI=1S/C37H57N3O7S2/c1-32(2)17-19-37(31(41)40-23-24-11-9-8-10-12-24)20-18-35(6)25(26(37)21-32)13-14-29-34(5)22-27(46-48(38,42)43)30(47-49(39,44)45)33(3,4)28(34)15-16-36(29,35)7/h8-13,26-30H,14-23H2,1-7H3,(H,40,41)(H2,38,42,43)(H2,39,44,45)/t26-,27+,28-,29+,30-,34-,35+,36+,37-/m0/s1. The van der Waals surface area contributed by atoms with Gasteiger partial charge in [0.1, 0.15) is 12.2 Å². The first-order valence-electron chi connectivity index (χ1n) is 17.9. The fraction of sp³-hybridized carbons (Fsp3) is 0.757. The molecule has 12 heteroatoms. The maximum atomic E-state index is 14.4. The Bertz CT molecular complexity index is 1730. The van der Waals surface area contributed by atoms with Crippen LogP contribution in [0.25, 0.3) is 0 Å². The molecule has 4 saturated carbocycles. The first kappa shape index (κ1) is 36.9. The Hall–Kier alpha value is -1.83. The molecule has 5 aliphatic carbocycles. The molecule has 0 radical (unpaired) electrons. The van der Waals surface area contributed by atoms with E-state index >= 15 is 0 Å². The molecule has 274 valence electrons. The van der Waals surface area contributed by atoms with Gasteiger partial charge in [-0.15, -0.1) is 0 Å². The number of nitrogens with two attached hydrogens (primary N) is 2. The molecule has 0 spiro atoms. The molecule has 0 saturated heterocycles. The first-order valence-corrected chi connectivity index (χ1v) is 20.9. The third kappa shape index (κ3) is 6.14. The van der Waals surface area contributed by atoms with Crippen molar-refractivity contribution in [3.8, 4) is 0 Å². The van der Waals surface area contributed by atoms with Crippen molar-refractivity contribution in [1.29, 1.82) is 0 Å². The van der Waals surface area contributed by atoms with Crippen molar-refractivity contribution >= 4 is 26.5 Å². The van der Waals surface area contributed by atoms with Crippen LogP contribution in [-0.2, 0) is 40.3 Å². The first-order chi connectivity index (χ1) is 22.5. The van der Waals surface area contributed by atoms with Crippen LogP contribution in [0, 0.1) is 50.2 Å². The summed E-state index contributed by atoms with van der Waals surface area (Å²) in [5.41, 5.74) is 0.596. The third-order valence-corrected chi connectivity index (χ3v) is 15.7. The van der Waals surface area contributed by atoms with Gasteiger partial charge in [0.05, 0.1) is 5.41 Å². The molecule has 0 aromatic heterocycles. The zero-order chi connectivity index (χ0) is 36.1. The Morgan fingerprint density at radius 2 is 1.47 bits per heavy atom. The molecule has 0 aliphatic heterocycles. The fourth-order valence-electron chi connectivity index (χ4n) is 12.3. The lowest BCUT2D eigenvalue weighted by atomic mass is 9.33. The van der Waals surface area contributed by atoms with E-state index in [9.17, 15) is 21.6 Å². The summed E-state index contributed by atoms with van der Waals surface area (Å²) in [4.78, 5) is 14.4. The number of benzene rings is 1. The topological polar surface area (TPSA) is 168 Å². The van der Waals surface area contributed by atoms with Gasteiger partial charge in [-0.1, -0.05) is 90.4 Å². The van der Waals surface area contributed by atoms with Gasteiger partial charge in [0.2, 0.25) is 5.91 Å². The summed E-state index contributed by atoms with van der Waals surface area (Å²) in [6.07, 6.45) is 7.51. The molecule has 10 nitrogen and oxygen atoms in total. The van der Waals surface area contributed by atoms with Gasteiger partial charge in [0, 0.05) is 6.54 Å². The van der Waals surface area contributed by atoms with Crippen LogP contribution >= 0.6 is 0 Å². The van der Waals surface area contributed by atoms with E-state index in [0.29, 0.717) is 6.54 Å². The van der Waals surface area contributed by atoms with Crippen molar-refractivity contribution in [3.05, 3.63) is 47.5 Å². The number of carbonyl (C=O) groups excluding carboxylic acids is 1. The molecule has 1 amide bonds. The third-order valence-electron chi connectivity index (χ3n) is 14.8. The van der Waals surface area contributed by atoms with E-state index in [1.165, 1.54) is 5.57 Å². The van der Waals surface area contributed by atoms with E-state index in [1.54, 1.807) is 0 Å². The molecule has 0 unspecified atom stereocenters. The molecule has 0 heterocycles. The minimum absolute atomic E-state index is 0.00348. The Balaban J connectivity index is 1.39. The Kier molecular flexibility index (Phi) is 8.93. The van der Waals surface area contributed by atoms with Crippen LogP contribution in [0.3, 0.4) is 0 Å². The van der Waals surface area contributed by atoms with Gasteiger partial charge < -0.3 is 5.32 Å². The van der Waals surface area contributed by atoms with E-state index in [4.69, 9.17) is 18.6 Å². The Labute approximate surface area is 294 Å². The van der Waals surface area contributed by atoms with Gasteiger partial charge in [-0.05, 0) is 108 Å². The average Bonchev–Trinajstić information content (AvgIpc) is 2.97. The quantitative estimate of drug-likeness (QED) is 0.295. The molecule has 0 bridgehead atoms. The molecule has 9 atom stereocenters. The summed E-state index contributed by atoms with van der Waals surface area (Å²) in [5, 5.41) is 14.1. The maximum Gasteiger partial charge on any atom is 0.333 e. The van der Waals surface area contributed by atoms with Gasteiger partial charge in [-0.3, -0.25) is 13.2 Å². The molecule has 4 fully saturated rings. The number of rotatable bonds is 7. The number of hydrogen-bond donors (Lipinski definition) is 3. The van der Waals surface area contributed by atoms with Crippen molar-refractivity contribution in [2.45, 2.75) is 125 Å². The second-order valence-corrected chi connectivity index (χ2v) is 20.6. The molecule has 49 heavy (non-hydrogen) atoms. The van der Waals surface area contributed by atoms with Crippen LogP contribution in [0.1, 0.15) is 112 Å². The highest BCUT2D eigenvalue weighted by molar-refractivity contribution is 7.84. The predicted molar refractivity (Wildman–Crippen MR) is 189 cm³/mol. The summed E-state index contributed by atoms with van der Waals surface area (Å²) in [7, 11) is -8.84. The molecule has 1 aromatic carbocycles. The second kappa shape index (κ2) is 11.8. The number of fused-ring (bicyclic) bond motifs is 7. The van der Waals surface area contributed by atoms with Crippen LogP contribution in [0.15, 0.2) is 42.0 Å². The monoisotopic (exact) mass is 719 g/mol. The number of nitrogens with one attached hydrogen (secondary N) is 1. The molecular formula is C37H57N3O7S2. The number of carbonyl (C=O) groups is 1. The summed E-state index contributed by atoms with van der Waals surface area (Å²) in [5.74, 6) is 0.442. The SMILES string of the molecule is CC1(C)CC[C@]2(C(=O)NCc3ccccc3)CC[C@]3(C)C(=CC[C@@H]4[C@@]5(C)C[C@@H](OS(N)(=O)=O)[C@H](OS(N)(=O)=O)C(C)(C)[C@@H]5CC[C@]43C)[C@@H]2C1. The summed E-state index contributed by atoms with van der Waals surface area (Å²) in [6.45, 7) is 16.1. The van der Waals surface area contributed by atoms with E-state index in [0.717, 1.165) is 56.9 Å². The highest BCUT2D eigenvalue weighted by Crippen LogP contribution is 2.76. The molecule has 6 rings (SSSR count). The minimum Gasteiger partial charge on any atom is -0.352 e. The lowest BCUT2D eigenvalue weighted by Crippen LogP contribution is -2.68. The van der Waals surface area contributed by atoms with Gasteiger partial charge in [0.25, 0.3) is 0 Å². The van der Waals surface area contributed by atoms with Gasteiger partial charge in [-0.2, -0.15) is 16.8 Å². The summed E-state index contributed by atoms with van der Waals surface area (Å²) >= 11 is 0. The number of amides is 1. The van der Waals surface area contributed by atoms with Crippen LogP contribution < -0.4 is 15.6 Å². The smallest absolute Gasteiger partial charge is 0.333 e.